The van der Waals surface area contributed by atoms with Gasteiger partial charge in [-0.25, -0.2) is 0 Å². The molecule has 0 aliphatic rings. The maximum atomic E-state index is 7.46. The third-order valence-electron chi connectivity index (χ3n) is 3.03. The van der Waals surface area contributed by atoms with Crippen molar-refractivity contribution in [1.82, 2.24) is 0 Å². The summed E-state index contributed by atoms with van der Waals surface area (Å²) in [6, 6.07) is 0. The van der Waals surface area contributed by atoms with E-state index in [-0.39, 0.29) is 36.5 Å². The van der Waals surface area contributed by atoms with Crippen molar-refractivity contribution in [3.8, 4) is 0 Å². The number of azo groups is 1. The molecule has 0 spiro atoms. The smallest absolute Gasteiger partial charge is 0.135 e. The Balaban J connectivity index is -0.00000112. The zero-order chi connectivity index (χ0) is 13.0. The first-order chi connectivity index (χ1) is 7.22. The molecule has 0 saturated heterocycles. The van der Waals surface area contributed by atoms with Crippen LogP contribution < -0.4 is 11.5 Å². The molecule has 0 aliphatic heterocycles. The van der Waals surface area contributed by atoms with E-state index >= 15 is 0 Å². The van der Waals surface area contributed by atoms with Gasteiger partial charge in [-0.3, -0.25) is 10.8 Å². The molecule has 108 valence electrons. The van der Waals surface area contributed by atoms with Crippen molar-refractivity contribution >= 4 is 36.5 Å². The number of nitrogens with zero attached hydrogens (tertiary/aromatic N) is 2. The monoisotopic (exact) mass is 298 g/mol. The zero-order valence-corrected chi connectivity index (χ0v) is 12.9. The molecule has 0 aromatic heterocycles. The second-order valence-electron chi connectivity index (χ2n) is 4.28. The number of rotatable bonds is 6. The highest BCUT2D eigenvalue weighted by atomic mass is 35.5. The van der Waals surface area contributed by atoms with Crippen LogP contribution in [0.15, 0.2) is 10.2 Å². The number of nitrogens with two attached hydrogens (primary N) is 2. The zero-order valence-electron chi connectivity index (χ0n) is 11.3. The van der Waals surface area contributed by atoms with Gasteiger partial charge in [-0.05, 0) is 26.7 Å². The summed E-state index contributed by atoms with van der Waals surface area (Å²) in [6.45, 7) is 7.26. The molecule has 2 unspecified atom stereocenters. The molecule has 0 radical (unpaired) electrons. The van der Waals surface area contributed by atoms with Crippen LogP contribution >= 0.6 is 24.8 Å². The van der Waals surface area contributed by atoms with E-state index in [1.807, 2.05) is 13.8 Å². The van der Waals surface area contributed by atoms with Crippen LogP contribution in [0.4, 0.5) is 0 Å². The van der Waals surface area contributed by atoms with Crippen LogP contribution in [0.3, 0.4) is 0 Å². The molecule has 0 fully saturated rings. The van der Waals surface area contributed by atoms with E-state index in [1.165, 1.54) is 0 Å². The van der Waals surface area contributed by atoms with Crippen LogP contribution in [0.2, 0.25) is 0 Å². The first-order valence-electron chi connectivity index (χ1n) is 5.35. The van der Waals surface area contributed by atoms with Crippen LogP contribution in [0.25, 0.3) is 0 Å². The van der Waals surface area contributed by atoms with Crippen molar-refractivity contribution in [2.45, 2.75) is 51.6 Å². The van der Waals surface area contributed by atoms with Crippen LogP contribution in [0.5, 0.6) is 0 Å². The summed E-state index contributed by atoms with van der Waals surface area (Å²) < 4.78 is 0. The highest BCUT2D eigenvalue weighted by molar-refractivity contribution is 5.88. The minimum atomic E-state index is -0.800. The summed E-state index contributed by atoms with van der Waals surface area (Å²) in [5.74, 6) is -0.0542. The molecule has 0 amide bonds. The van der Waals surface area contributed by atoms with Crippen molar-refractivity contribution in [2.24, 2.45) is 21.7 Å². The number of hydrogen-bond acceptors (Lipinski definition) is 4. The van der Waals surface area contributed by atoms with Gasteiger partial charge in [0.1, 0.15) is 22.7 Å². The lowest BCUT2D eigenvalue weighted by Gasteiger charge is -2.25. The molecule has 2 atom stereocenters. The maximum absolute atomic E-state index is 7.46. The van der Waals surface area contributed by atoms with Gasteiger partial charge in [-0.15, -0.1) is 24.8 Å². The first-order valence-corrected chi connectivity index (χ1v) is 5.35. The predicted molar refractivity (Wildman–Crippen MR) is 80.6 cm³/mol. The van der Waals surface area contributed by atoms with E-state index in [9.17, 15) is 0 Å². The molecule has 0 bridgehead atoms. The van der Waals surface area contributed by atoms with Crippen LogP contribution in [0, 0.1) is 10.8 Å². The Bertz CT molecular complexity index is 289. The average Bonchev–Trinajstić information content (AvgIpc) is 2.24. The molecule has 0 saturated carbocycles. The maximum Gasteiger partial charge on any atom is 0.135 e. The highest BCUT2D eigenvalue weighted by Crippen LogP contribution is 2.21. The van der Waals surface area contributed by atoms with E-state index in [4.69, 9.17) is 22.3 Å². The molecule has 6 nitrogen and oxygen atoms in total. The Morgan fingerprint density at radius 1 is 0.889 bits per heavy atom. The number of halogens is 2. The minimum Gasteiger partial charge on any atom is -0.386 e. The van der Waals surface area contributed by atoms with Gasteiger partial charge in [-0.1, -0.05) is 13.8 Å². The van der Waals surface area contributed by atoms with Crippen molar-refractivity contribution in [1.29, 1.82) is 10.8 Å². The Morgan fingerprint density at radius 3 is 1.22 bits per heavy atom. The lowest BCUT2D eigenvalue weighted by atomic mass is 9.97. The third kappa shape index (κ3) is 5.18. The Labute approximate surface area is 121 Å². The summed E-state index contributed by atoms with van der Waals surface area (Å²) in [5, 5.41) is 23.1. The van der Waals surface area contributed by atoms with Crippen molar-refractivity contribution in [3.63, 3.8) is 0 Å². The van der Waals surface area contributed by atoms with E-state index in [1.54, 1.807) is 13.8 Å². The van der Waals surface area contributed by atoms with Gasteiger partial charge in [-0.2, -0.15) is 10.2 Å². The predicted octanol–water partition coefficient (Wildman–Crippen LogP) is 2.49. The van der Waals surface area contributed by atoms with E-state index < -0.39 is 11.1 Å². The number of nitrogens with one attached hydrogen (secondary N) is 2. The number of amidine groups is 2. The van der Waals surface area contributed by atoms with Crippen molar-refractivity contribution < 1.29 is 0 Å². The molecule has 0 aliphatic carbocycles. The summed E-state index contributed by atoms with van der Waals surface area (Å²) in [6.07, 6.45) is 1.17. The lowest BCUT2D eigenvalue weighted by Crippen LogP contribution is -2.41. The molecule has 0 rings (SSSR count). The van der Waals surface area contributed by atoms with E-state index in [0.29, 0.717) is 12.8 Å². The summed E-state index contributed by atoms with van der Waals surface area (Å²) in [7, 11) is 0. The Kier molecular flexibility index (Phi) is 10.2. The summed E-state index contributed by atoms with van der Waals surface area (Å²) >= 11 is 0. The summed E-state index contributed by atoms with van der Waals surface area (Å²) in [5.41, 5.74) is 9.35. The second-order valence-corrected chi connectivity index (χ2v) is 4.28. The molecule has 0 aromatic carbocycles. The summed E-state index contributed by atoms with van der Waals surface area (Å²) in [4.78, 5) is 0. The van der Waals surface area contributed by atoms with Crippen LogP contribution in [0.1, 0.15) is 40.5 Å². The fraction of sp³-hybridized carbons (Fsp3) is 0.800. The lowest BCUT2D eigenvalue weighted by molar-refractivity contribution is 0.488. The molecule has 0 aromatic rings. The Morgan fingerprint density at radius 2 is 1.11 bits per heavy atom. The van der Waals surface area contributed by atoms with Gasteiger partial charge in [0.2, 0.25) is 0 Å². The fourth-order valence-electron chi connectivity index (χ4n) is 0.851. The first kappa shape index (κ1) is 22.3. The molecular formula is C10H24Cl2N6. The minimum absolute atomic E-state index is 0. The van der Waals surface area contributed by atoms with E-state index in [2.05, 4.69) is 10.2 Å². The molecule has 18 heavy (non-hydrogen) atoms. The van der Waals surface area contributed by atoms with E-state index in [0.717, 1.165) is 0 Å². The average molecular weight is 299 g/mol. The van der Waals surface area contributed by atoms with Gasteiger partial charge in [0, 0.05) is 0 Å². The quantitative estimate of drug-likeness (QED) is 0.342. The van der Waals surface area contributed by atoms with Crippen molar-refractivity contribution in [3.05, 3.63) is 0 Å². The van der Waals surface area contributed by atoms with Crippen LogP contribution in [-0.4, -0.2) is 22.7 Å². The van der Waals surface area contributed by atoms with Crippen molar-refractivity contribution in [2.75, 3.05) is 0 Å². The van der Waals surface area contributed by atoms with Crippen LogP contribution in [-0.2, 0) is 0 Å². The number of hydrogen-bond donors (Lipinski definition) is 4. The fourth-order valence-corrected chi connectivity index (χ4v) is 0.851. The standard InChI is InChI=1S/C10H22N6.2ClH/c1-5-9(3,7(11)12)15-16-10(4,6-2)8(13)14;;/h5-6H2,1-4H3,(H3,11,12)(H3,13,14);2*1H/b16-15+;;. The Hall–Kier alpha value is -0.880. The SMILES string of the molecule is CCC(C)(/N=N/C(C)(CC)C(=N)N)C(=N)N.Cl.Cl. The van der Waals surface area contributed by atoms with Gasteiger partial charge in [0.15, 0.2) is 0 Å². The van der Waals surface area contributed by atoms with Gasteiger partial charge in [0.25, 0.3) is 0 Å². The molecular weight excluding hydrogens is 275 g/mol. The molecule has 6 N–H and O–H groups in total. The highest BCUT2D eigenvalue weighted by Gasteiger charge is 2.30. The second kappa shape index (κ2) is 8.26. The normalized spacial score (nSPS) is 16.9. The molecule has 8 heteroatoms. The molecule has 0 heterocycles. The largest absolute Gasteiger partial charge is 0.386 e. The topological polar surface area (TPSA) is 124 Å². The van der Waals surface area contributed by atoms with Gasteiger partial charge >= 0.3 is 0 Å². The third-order valence-corrected chi connectivity index (χ3v) is 3.03. The van der Waals surface area contributed by atoms with Gasteiger partial charge in [0.05, 0.1) is 0 Å². The van der Waals surface area contributed by atoms with Gasteiger partial charge < -0.3 is 11.5 Å².